The number of hydrogen-bond acceptors (Lipinski definition) is 5. The molecule has 19 heavy (non-hydrogen) atoms. The van der Waals surface area contributed by atoms with Crippen molar-refractivity contribution in [3.63, 3.8) is 0 Å². The molecule has 6 nitrogen and oxygen atoms in total. The van der Waals surface area contributed by atoms with Crippen LogP contribution in [0.2, 0.25) is 0 Å². The van der Waals surface area contributed by atoms with E-state index in [1.165, 1.54) is 25.3 Å². The summed E-state index contributed by atoms with van der Waals surface area (Å²) in [6, 6.07) is 4.06. The van der Waals surface area contributed by atoms with Crippen LogP contribution in [0.3, 0.4) is 0 Å². The first-order valence-corrected chi connectivity index (χ1v) is 7.40. The Morgan fingerprint density at radius 3 is 2.74 bits per heavy atom. The molecular weight excluding hydrogens is 268 g/mol. The second kappa shape index (κ2) is 5.18. The third-order valence-corrected chi connectivity index (χ3v) is 4.44. The fourth-order valence-corrected chi connectivity index (χ4v) is 2.97. The molecule has 1 saturated carbocycles. The summed E-state index contributed by atoms with van der Waals surface area (Å²) in [6.07, 6.45) is 2.07. The van der Waals surface area contributed by atoms with Gasteiger partial charge in [0.1, 0.15) is 0 Å². The van der Waals surface area contributed by atoms with Gasteiger partial charge in [-0.1, -0.05) is 0 Å². The van der Waals surface area contributed by atoms with Gasteiger partial charge < -0.3 is 10.5 Å². The summed E-state index contributed by atoms with van der Waals surface area (Å²) in [5, 5.41) is 0. The highest BCUT2D eigenvalue weighted by molar-refractivity contribution is 7.89. The number of carbonyl (C=O) groups is 1. The van der Waals surface area contributed by atoms with E-state index in [9.17, 15) is 13.2 Å². The van der Waals surface area contributed by atoms with E-state index in [1.54, 1.807) is 0 Å². The number of methoxy groups -OCH3 is 1. The summed E-state index contributed by atoms with van der Waals surface area (Å²) >= 11 is 0. The van der Waals surface area contributed by atoms with Crippen molar-refractivity contribution in [1.82, 2.24) is 4.72 Å². The lowest BCUT2D eigenvalue weighted by molar-refractivity contribution is 0.0596. The number of sulfonamides is 1. The maximum atomic E-state index is 12.2. The molecule has 2 rings (SSSR count). The second-order valence-corrected chi connectivity index (χ2v) is 6.28. The van der Waals surface area contributed by atoms with Crippen molar-refractivity contribution in [2.75, 3.05) is 19.4 Å². The number of benzene rings is 1. The first-order valence-electron chi connectivity index (χ1n) is 5.91. The van der Waals surface area contributed by atoms with Gasteiger partial charge in [0.15, 0.2) is 0 Å². The first-order chi connectivity index (χ1) is 8.94. The topological polar surface area (TPSA) is 98.5 Å². The van der Waals surface area contributed by atoms with E-state index in [-0.39, 0.29) is 10.5 Å². The highest BCUT2D eigenvalue weighted by Gasteiger charge is 2.27. The highest BCUT2D eigenvalue weighted by atomic mass is 32.2. The SMILES string of the molecule is COC(=O)c1cc(N)ccc1S(=O)(=O)NCC1CC1. The molecule has 0 unspecified atom stereocenters. The van der Waals surface area contributed by atoms with E-state index in [0.29, 0.717) is 18.2 Å². The molecule has 0 bridgehead atoms. The van der Waals surface area contributed by atoms with E-state index in [4.69, 9.17) is 5.73 Å². The van der Waals surface area contributed by atoms with Crippen molar-refractivity contribution < 1.29 is 17.9 Å². The molecule has 3 N–H and O–H groups in total. The lowest BCUT2D eigenvalue weighted by atomic mass is 10.2. The third kappa shape index (κ3) is 3.24. The van der Waals surface area contributed by atoms with Crippen molar-refractivity contribution in [3.05, 3.63) is 23.8 Å². The zero-order valence-corrected chi connectivity index (χ0v) is 11.4. The Morgan fingerprint density at radius 1 is 1.47 bits per heavy atom. The van der Waals surface area contributed by atoms with Crippen LogP contribution in [-0.2, 0) is 14.8 Å². The van der Waals surface area contributed by atoms with Gasteiger partial charge >= 0.3 is 5.97 Å². The molecule has 0 spiro atoms. The zero-order valence-electron chi connectivity index (χ0n) is 10.5. The molecule has 0 atom stereocenters. The fourth-order valence-electron chi connectivity index (χ4n) is 1.68. The van der Waals surface area contributed by atoms with E-state index >= 15 is 0 Å². The molecule has 0 saturated heterocycles. The Labute approximate surface area is 112 Å². The number of carbonyl (C=O) groups excluding carboxylic acids is 1. The summed E-state index contributed by atoms with van der Waals surface area (Å²) in [7, 11) is -2.53. The van der Waals surface area contributed by atoms with Gasteiger partial charge in [0.05, 0.1) is 17.6 Å². The number of nitrogens with two attached hydrogens (primary N) is 1. The molecular formula is C12H16N2O4S. The van der Waals surface area contributed by atoms with Crippen molar-refractivity contribution >= 4 is 21.7 Å². The van der Waals surface area contributed by atoms with Gasteiger partial charge in [-0.2, -0.15) is 0 Å². The number of esters is 1. The smallest absolute Gasteiger partial charge is 0.339 e. The Kier molecular flexibility index (Phi) is 3.77. The molecule has 0 radical (unpaired) electrons. The van der Waals surface area contributed by atoms with Gasteiger partial charge in [0.2, 0.25) is 10.0 Å². The van der Waals surface area contributed by atoms with E-state index < -0.39 is 16.0 Å². The molecule has 0 aromatic heterocycles. The molecule has 0 amide bonds. The van der Waals surface area contributed by atoms with Crippen LogP contribution in [0.1, 0.15) is 23.2 Å². The van der Waals surface area contributed by atoms with Crippen molar-refractivity contribution in [1.29, 1.82) is 0 Å². The van der Waals surface area contributed by atoms with Crippen LogP contribution in [0.25, 0.3) is 0 Å². The van der Waals surface area contributed by atoms with Gasteiger partial charge in [0.25, 0.3) is 0 Å². The maximum absolute atomic E-state index is 12.2. The molecule has 7 heteroatoms. The molecule has 1 aliphatic rings. The quantitative estimate of drug-likeness (QED) is 0.614. The molecule has 0 aliphatic heterocycles. The minimum Gasteiger partial charge on any atom is -0.465 e. The normalized spacial score (nSPS) is 15.2. The van der Waals surface area contributed by atoms with Crippen LogP contribution in [0.5, 0.6) is 0 Å². The largest absolute Gasteiger partial charge is 0.465 e. The highest BCUT2D eigenvalue weighted by Crippen LogP contribution is 2.28. The standard InChI is InChI=1S/C12H16N2O4S/c1-18-12(15)10-6-9(13)4-5-11(10)19(16,17)14-7-8-2-3-8/h4-6,8,14H,2-3,7,13H2,1H3. The summed E-state index contributed by atoms with van der Waals surface area (Å²) in [6.45, 7) is 0.396. The summed E-state index contributed by atoms with van der Waals surface area (Å²) in [5.41, 5.74) is 5.83. The van der Waals surface area contributed by atoms with Crippen LogP contribution in [0.15, 0.2) is 23.1 Å². The van der Waals surface area contributed by atoms with Crippen LogP contribution in [-0.4, -0.2) is 28.0 Å². The molecule has 1 fully saturated rings. The maximum Gasteiger partial charge on any atom is 0.339 e. The number of nitrogens with one attached hydrogen (secondary N) is 1. The van der Waals surface area contributed by atoms with E-state index in [0.717, 1.165) is 12.8 Å². The van der Waals surface area contributed by atoms with Crippen molar-refractivity contribution in [3.8, 4) is 0 Å². The Bertz CT molecular complexity index is 594. The van der Waals surface area contributed by atoms with Crippen LogP contribution < -0.4 is 10.5 Å². The van der Waals surface area contributed by atoms with Crippen LogP contribution >= 0.6 is 0 Å². The first kappa shape index (κ1) is 13.8. The van der Waals surface area contributed by atoms with Gasteiger partial charge in [-0.15, -0.1) is 0 Å². The number of anilines is 1. The summed E-state index contributed by atoms with van der Waals surface area (Å²) < 4.78 is 31.4. The summed E-state index contributed by atoms with van der Waals surface area (Å²) in [5.74, 6) is -0.316. The average Bonchev–Trinajstić information content (AvgIpc) is 3.19. The van der Waals surface area contributed by atoms with Gasteiger partial charge in [-0.25, -0.2) is 17.9 Å². The summed E-state index contributed by atoms with van der Waals surface area (Å²) in [4.78, 5) is 11.5. The number of rotatable bonds is 5. The Morgan fingerprint density at radius 2 is 2.16 bits per heavy atom. The minimum absolute atomic E-state index is 0.0502. The predicted octanol–water partition coefficient (Wildman–Crippen LogP) is 0.744. The van der Waals surface area contributed by atoms with Gasteiger partial charge in [-0.05, 0) is 37.0 Å². The number of nitrogen functional groups attached to an aromatic ring is 1. The van der Waals surface area contributed by atoms with E-state index in [1.807, 2.05) is 0 Å². The molecule has 1 aromatic rings. The zero-order chi connectivity index (χ0) is 14.0. The molecule has 1 aromatic carbocycles. The third-order valence-electron chi connectivity index (χ3n) is 2.96. The van der Waals surface area contributed by atoms with Gasteiger partial charge in [0, 0.05) is 12.2 Å². The van der Waals surface area contributed by atoms with Crippen molar-refractivity contribution in [2.45, 2.75) is 17.7 Å². The van der Waals surface area contributed by atoms with Crippen molar-refractivity contribution in [2.24, 2.45) is 5.92 Å². The lowest BCUT2D eigenvalue weighted by Gasteiger charge is -2.10. The average molecular weight is 284 g/mol. The number of ether oxygens (including phenoxy) is 1. The molecule has 0 heterocycles. The van der Waals surface area contributed by atoms with Crippen LogP contribution in [0, 0.1) is 5.92 Å². The minimum atomic E-state index is -3.72. The van der Waals surface area contributed by atoms with Crippen LogP contribution in [0.4, 0.5) is 5.69 Å². The Hall–Kier alpha value is -1.60. The Balaban J connectivity index is 2.33. The molecule has 1 aliphatic carbocycles. The molecule has 104 valence electrons. The lowest BCUT2D eigenvalue weighted by Crippen LogP contribution is -2.27. The predicted molar refractivity (Wildman–Crippen MR) is 70.1 cm³/mol. The monoisotopic (exact) mass is 284 g/mol. The second-order valence-electron chi connectivity index (χ2n) is 4.54. The number of hydrogen-bond donors (Lipinski definition) is 2. The van der Waals surface area contributed by atoms with E-state index in [2.05, 4.69) is 9.46 Å². The fraction of sp³-hybridized carbons (Fsp3) is 0.417. The van der Waals surface area contributed by atoms with Gasteiger partial charge in [-0.3, -0.25) is 0 Å².